The SMILES string of the molecule is COC(=O)c1ccc(C(=O)NC(=S)Nc2ccc(C(=O)NC(C)c3ccccc3)cc2)cc1. The normalized spacial score (nSPS) is 11.1. The summed E-state index contributed by atoms with van der Waals surface area (Å²) >= 11 is 5.20. The van der Waals surface area contributed by atoms with E-state index in [1.54, 1.807) is 24.3 Å². The van der Waals surface area contributed by atoms with Gasteiger partial charge in [0.2, 0.25) is 0 Å². The molecule has 0 radical (unpaired) electrons. The lowest BCUT2D eigenvalue weighted by Crippen LogP contribution is -2.34. The molecule has 8 heteroatoms. The number of thiocarbonyl (C=S) groups is 1. The van der Waals surface area contributed by atoms with Crippen molar-refractivity contribution in [3.05, 3.63) is 101 Å². The Labute approximate surface area is 197 Å². The number of carbonyl (C=O) groups is 3. The molecule has 168 valence electrons. The highest BCUT2D eigenvalue weighted by molar-refractivity contribution is 7.80. The monoisotopic (exact) mass is 461 g/mol. The minimum atomic E-state index is -0.481. The number of hydrogen-bond acceptors (Lipinski definition) is 5. The Bertz CT molecular complexity index is 1150. The van der Waals surface area contributed by atoms with Crippen molar-refractivity contribution in [3.63, 3.8) is 0 Å². The van der Waals surface area contributed by atoms with E-state index in [-0.39, 0.29) is 17.1 Å². The molecule has 3 N–H and O–H groups in total. The van der Waals surface area contributed by atoms with Crippen LogP contribution in [0, 0.1) is 0 Å². The fourth-order valence-electron chi connectivity index (χ4n) is 3.02. The smallest absolute Gasteiger partial charge is 0.337 e. The van der Waals surface area contributed by atoms with Crippen molar-refractivity contribution in [1.29, 1.82) is 0 Å². The number of esters is 1. The van der Waals surface area contributed by atoms with Crippen LogP contribution in [-0.4, -0.2) is 30.0 Å². The van der Waals surface area contributed by atoms with Crippen molar-refractivity contribution in [2.75, 3.05) is 12.4 Å². The Kier molecular flexibility index (Phi) is 7.88. The first kappa shape index (κ1) is 23.6. The standard InChI is InChI=1S/C25H23N3O4S/c1-16(17-6-4-3-5-7-17)26-22(29)19-12-14-21(15-13-19)27-25(33)28-23(30)18-8-10-20(11-9-18)24(31)32-2/h3-16H,1-2H3,(H,26,29)(H2,27,28,30,33). The number of nitrogens with one attached hydrogen (secondary N) is 3. The zero-order valence-corrected chi connectivity index (χ0v) is 18.9. The van der Waals surface area contributed by atoms with Gasteiger partial charge in [-0.2, -0.15) is 0 Å². The summed E-state index contributed by atoms with van der Waals surface area (Å²) in [5.74, 6) is -1.09. The highest BCUT2D eigenvalue weighted by Crippen LogP contribution is 2.14. The molecule has 0 heterocycles. The molecule has 7 nitrogen and oxygen atoms in total. The maximum absolute atomic E-state index is 12.5. The van der Waals surface area contributed by atoms with Crippen LogP contribution in [-0.2, 0) is 4.74 Å². The topological polar surface area (TPSA) is 96.5 Å². The highest BCUT2D eigenvalue weighted by atomic mass is 32.1. The van der Waals surface area contributed by atoms with E-state index in [4.69, 9.17) is 12.2 Å². The number of rotatable bonds is 6. The minimum absolute atomic E-state index is 0.104. The molecule has 0 aromatic heterocycles. The molecule has 0 bridgehead atoms. The Morgan fingerprint density at radius 1 is 0.788 bits per heavy atom. The lowest BCUT2D eigenvalue weighted by Gasteiger charge is -2.15. The van der Waals surface area contributed by atoms with Crippen LogP contribution in [0.2, 0.25) is 0 Å². The van der Waals surface area contributed by atoms with Gasteiger partial charge in [0.15, 0.2) is 5.11 Å². The van der Waals surface area contributed by atoms with Gasteiger partial charge in [-0.25, -0.2) is 4.79 Å². The molecule has 33 heavy (non-hydrogen) atoms. The third-order valence-corrected chi connectivity index (χ3v) is 5.05. The quantitative estimate of drug-likeness (QED) is 0.378. The summed E-state index contributed by atoms with van der Waals surface area (Å²) in [4.78, 5) is 36.3. The van der Waals surface area contributed by atoms with Crippen molar-refractivity contribution in [2.24, 2.45) is 0 Å². The summed E-state index contributed by atoms with van der Waals surface area (Å²) in [6, 6.07) is 22.3. The number of benzene rings is 3. The number of anilines is 1. The van der Waals surface area contributed by atoms with E-state index in [0.29, 0.717) is 22.4 Å². The fourth-order valence-corrected chi connectivity index (χ4v) is 3.23. The first-order valence-corrected chi connectivity index (χ1v) is 10.5. The van der Waals surface area contributed by atoms with Gasteiger partial charge in [-0.1, -0.05) is 30.3 Å². The number of ether oxygens (including phenoxy) is 1. The van der Waals surface area contributed by atoms with Gasteiger partial charge in [0.05, 0.1) is 18.7 Å². The molecule has 0 aliphatic rings. The largest absolute Gasteiger partial charge is 0.465 e. The van der Waals surface area contributed by atoms with Crippen LogP contribution in [0.25, 0.3) is 0 Å². The second kappa shape index (κ2) is 11.0. The van der Waals surface area contributed by atoms with E-state index in [9.17, 15) is 14.4 Å². The van der Waals surface area contributed by atoms with Crippen molar-refractivity contribution >= 4 is 40.8 Å². The zero-order valence-electron chi connectivity index (χ0n) is 18.1. The minimum Gasteiger partial charge on any atom is -0.465 e. The summed E-state index contributed by atoms with van der Waals surface area (Å²) in [6.07, 6.45) is 0. The summed E-state index contributed by atoms with van der Waals surface area (Å²) in [6.45, 7) is 1.92. The molecular formula is C25H23N3O4S. The predicted molar refractivity (Wildman–Crippen MR) is 130 cm³/mol. The predicted octanol–water partition coefficient (Wildman–Crippen LogP) is 4.09. The van der Waals surface area contributed by atoms with Gasteiger partial charge in [0, 0.05) is 16.8 Å². The number of methoxy groups -OCH3 is 1. The third kappa shape index (κ3) is 6.47. The summed E-state index contributed by atoms with van der Waals surface area (Å²) < 4.78 is 4.63. The molecule has 0 aliphatic carbocycles. The lowest BCUT2D eigenvalue weighted by molar-refractivity contribution is 0.0600. The number of amides is 2. The van der Waals surface area contributed by atoms with Gasteiger partial charge in [-0.3, -0.25) is 14.9 Å². The Morgan fingerprint density at radius 3 is 1.94 bits per heavy atom. The molecule has 3 rings (SSSR count). The van der Waals surface area contributed by atoms with Crippen LogP contribution in [0.5, 0.6) is 0 Å². The molecule has 0 saturated carbocycles. The molecule has 3 aromatic rings. The van der Waals surface area contributed by atoms with Crippen molar-refractivity contribution in [3.8, 4) is 0 Å². The van der Waals surface area contributed by atoms with Gasteiger partial charge in [0.1, 0.15) is 0 Å². The van der Waals surface area contributed by atoms with E-state index >= 15 is 0 Å². The van der Waals surface area contributed by atoms with Gasteiger partial charge in [0.25, 0.3) is 11.8 Å². The van der Waals surface area contributed by atoms with Crippen molar-refractivity contribution in [2.45, 2.75) is 13.0 Å². The van der Waals surface area contributed by atoms with Gasteiger partial charge < -0.3 is 15.4 Å². The summed E-state index contributed by atoms with van der Waals surface area (Å²) in [7, 11) is 1.29. The third-order valence-electron chi connectivity index (χ3n) is 4.85. The molecule has 0 aliphatic heterocycles. The van der Waals surface area contributed by atoms with E-state index in [1.807, 2.05) is 37.3 Å². The molecule has 1 unspecified atom stereocenters. The van der Waals surface area contributed by atoms with Gasteiger partial charge in [-0.15, -0.1) is 0 Å². The van der Waals surface area contributed by atoms with E-state index in [1.165, 1.54) is 31.4 Å². The second-order valence-electron chi connectivity index (χ2n) is 7.16. The van der Waals surface area contributed by atoms with Gasteiger partial charge in [-0.05, 0) is 73.2 Å². The molecule has 1 atom stereocenters. The van der Waals surface area contributed by atoms with Crippen LogP contribution < -0.4 is 16.0 Å². The molecule has 0 spiro atoms. The molecule has 0 saturated heterocycles. The molecular weight excluding hydrogens is 438 g/mol. The van der Waals surface area contributed by atoms with E-state index < -0.39 is 11.9 Å². The number of carbonyl (C=O) groups excluding carboxylic acids is 3. The molecule has 0 fully saturated rings. The van der Waals surface area contributed by atoms with Crippen LogP contribution in [0.1, 0.15) is 49.6 Å². The Morgan fingerprint density at radius 2 is 1.33 bits per heavy atom. The van der Waals surface area contributed by atoms with E-state index in [2.05, 4.69) is 20.7 Å². The molecule has 2 amide bonds. The molecule has 3 aromatic carbocycles. The summed E-state index contributed by atoms with van der Waals surface area (Å²) in [5, 5.41) is 8.55. The van der Waals surface area contributed by atoms with Crippen molar-refractivity contribution < 1.29 is 19.1 Å². The fraction of sp³-hybridized carbons (Fsp3) is 0.120. The highest BCUT2D eigenvalue weighted by Gasteiger charge is 2.13. The van der Waals surface area contributed by atoms with Crippen LogP contribution in [0.15, 0.2) is 78.9 Å². The maximum Gasteiger partial charge on any atom is 0.337 e. The van der Waals surface area contributed by atoms with E-state index in [0.717, 1.165) is 5.56 Å². The van der Waals surface area contributed by atoms with Crippen LogP contribution >= 0.6 is 12.2 Å². The average molecular weight is 462 g/mol. The first-order valence-electron chi connectivity index (χ1n) is 10.1. The lowest BCUT2D eigenvalue weighted by atomic mass is 10.1. The summed E-state index contributed by atoms with van der Waals surface area (Å²) in [5.41, 5.74) is 2.83. The van der Waals surface area contributed by atoms with Gasteiger partial charge >= 0.3 is 5.97 Å². The zero-order chi connectivity index (χ0) is 23.8. The Balaban J connectivity index is 1.53. The van der Waals surface area contributed by atoms with Crippen LogP contribution in [0.4, 0.5) is 5.69 Å². The first-order chi connectivity index (χ1) is 15.9. The maximum atomic E-state index is 12.5. The Hall–Kier alpha value is -4.04. The average Bonchev–Trinajstić information content (AvgIpc) is 2.84. The van der Waals surface area contributed by atoms with Crippen LogP contribution in [0.3, 0.4) is 0 Å². The second-order valence-corrected chi connectivity index (χ2v) is 7.57. The van der Waals surface area contributed by atoms with Crippen molar-refractivity contribution in [1.82, 2.24) is 10.6 Å². The number of hydrogen-bond donors (Lipinski definition) is 3.